The van der Waals surface area contributed by atoms with Gasteiger partial charge in [0.05, 0.1) is 22.4 Å². The first-order valence-electron chi connectivity index (χ1n) is 14.1. The number of carbonyl (C=O) groups is 1. The Morgan fingerprint density at radius 1 is 0.929 bits per heavy atom. The van der Waals surface area contributed by atoms with Crippen molar-refractivity contribution in [2.24, 2.45) is 5.92 Å². The van der Waals surface area contributed by atoms with Gasteiger partial charge in [0.1, 0.15) is 0 Å². The first-order valence-corrected chi connectivity index (χ1v) is 16.3. The summed E-state index contributed by atoms with van der Waals surface area (Å²) in [5.41, 5.74) is 0.792. The normalized spacial score (nSPS) is 20.4. The molecular formula is C31H33BrF3N3O3S. The van der Waals surface area contributed by atoms with E-state index in [0.29, 0.717) is 28.9 Å². The maximum atomic E-state index is 14.0. The second-order valence-electron chi connectivity index (χ2n) is 11.0. The molecule has 0 bridgehead atoms. The van der Waals surface area contributed by atoms with Crippen LogP contribution in [0.2, 0.25) is 0 Å². The first kappa shape index (κ1) is 30.6. The molecular weight excluding hydrogens is 631 g/mol. The molecule has 6 nitrogen and oxygen atoms in total. The first-order chi connectivity index (χ1) is 19.9. The number of rotatable bonds is 7. The van der Waals surface area contributed by atoms with Crippen LogP contribution in [0.25, 0.3) is 0 Å². The van der Waals surface area contributed by atoms with E-state index in [1.54, 1.807) is 18.2 Å². The van der Waals surface area contributed by atoms with Crippen molar-refractivity contribution in [1.29, 1.82) is 0 Å². The van der Waals surface area contributed by atoms with Crippen molar-refractivity contribution in [3.63, 3.8) is 0 Å². The second kappa shape index (κ2) is 12.4. The van der Waals surface area contributed by atoms with Crippen LogP contribution in [0.15, 0.2) is 76.1 Å². The Balaban J connectivity index is 1.50. The van der Waals surface area contributed by atoms with E-state index in [1.165, 1.54) is 42.3 Å². The molecule has 0 radical (unpaired) electrons. The zero-order valence-electron chi connectivity index (χ0n) is 23.1. The van der Waals surface area contributed by atoms with Crippen LogP contribution in [-0.2, 0) is 21.0 Å². The van der Waals surface area contributed by atoms with Crippen LogP contribution in [0.1, 0.15) is 61.3 Å². The lowest BCUT2D eigenvalue weighted by Crippen LogP contribution is -2.46. The van der Waals surface area contributed by atoms with E-state index < -0.39 is 39.6 Å². The predicted molar refractivity (Wildman–Crippen MR) is 161 cm³/mol. The lowest BCUT2D eigenvalue weighted by Gasteiger charge is -2.40. The number of nitrogens with one attached hydrogen (secondary N) is 2. The van der Waals surface area contributed by atoms with Gasteiger partial charge in [-0.05, 0) is 96.1 Å². The minimum Gasteiger partial charge on any atom is -0.382 e. The van der Waals surface area contributed by atoms with Crippen molar-refractivity contribution >= 4 is 43.2 Å². The number of halogens is 4. The molecule has 2 atom stereocenters. The standard InChI is InChI=1S/C31H33BrF3N3O3S/c1-20-12-15-24(19-26(20)31(33,34)35)37-30(39)25-9-6-18-38(42(40,41)28-11-5-4-10-27(28)32)29(25)21-13-16-23(17-14-21)36-22-7-2-3-8-22/h4-5,10-17,19,22,25,29,36H,2-3,6-9,18H2,1H3,(H,37,39)/t25-,29-/m0/s1. The summed E-state index contributed by atoms with van der Waals surface area (Å²) in [7, 11) is -4.05. The Bertz CT molecular complexity index is 1540. The average molecular weight is 665 g/mol. The van der Waals surface area contributed by atoms with Gasteiger partial charge in [-0.2, -0.15) is 17.5 Å². The maximum absolute atomic E-state index is 14.0. The van der Waals surface area contributed by atoms with Crippen molar-refractivity contribution < 1.29 is 26.4 Å². The number of aryl methyl sites for hydroxylation is 1. The third-order valence-corrected chi connectivity index (χ3v) is 11.0. The summed E-state index contributed by atoms with van der Waals surface area (Å²) in [5.74, 6) is -1.36. The summed E-state index contributed by atoms with van der Waals surface area (Å²) in [4.78, 5) is 13.8. The third kappa shape index (κ3) is 6.53. The zero-order valence-corrected chi connectivity index (χ0v) is 25.5. The molecule has 1 aliphatic carbocycles. The maximum Gasteiger partial charge on any atom is 0.416 e. The lowest BCUT2D eigenvalue weighted by atomic mass is 9.85. The molecule has 1 heterocycles. The van der Waals surface area contributed by atoms with Gasteiger partial charge in [-0.3, -0.25) is 4.79 Å². The Morgan fingerprint density at radius 3 is 2.26 bits per heavy atom. The molecule has 42 heavy (non-hydrogen) atoms. The molecule has 224 valence electrons. The molecule has 1 saturated carbocycles. The largest absolute Gasteiger partial charge is 0.416 e. The highest BCUT2D eigenvalue weighted by Crippen LogP contribution is 2.42. The molecule has 2 aliphatic rings. The number of amides is 1. The second-order valence-corrected chi connectivity index (χ2v) is 13.7. The summed E-state index contributed by atoms with van der Waals surface area (Å²) >= 11 is 3.36. The fourth-order valence-electron chi connectivity index (χ4n) is 6.01. The number of carbonyl (C=O) groups excluding carboxylic acids is 1. The van der Waals surface area contributed by atoms with E-state index in [1.807, 2.05) is 24.3 Å². The number of benzene rings is 3. The Labute approximate surface area is 252 Å². The number of nitrogens with zero attached hydrogens (tertiary/aromatic N) is 1. The summed E-state index contributed by atoms with van der Waals surface area (Å²) in [6.07, 6.45) is 0.781. The molecule has 2 fully saturated rings. The molecule has 0 unspecified atom stereocenters. The van der Waals surface area contributed by atoms with Gasteiger partial charge < -0.3 is 10.6 Å². The van der Waals surface area contributed by atoms with Crippen molar-refractivity contribution in [1.82, 2.24) is 4.31 Å². The van der Waals surface area contributed by atoms with Crippen molar-refractivity contribution in [2.45, 2.75) is 68.6 Å². The van der Waals surface area contributed by atoms with E-state index in [2.05, 4.69) is 26.6 Å². The molecule has 1 saturated heterocycles. The highest BCUT2D eigenvalue weighted by atomic mass is 79.9. The highest BCUT2D eigenvalue weighted by Gasteiger charge is 2.43. The van der Waals surface area contributed by atoms with Gasteiger partial charge >= 0.3 is 6.18 Å². The van der Waals surface area contributed by atoms with Gasteiger partial charge in [0, 0.05) is 28.4 Å². The van der Waals surface area contributed by atoms with E-state index >= 15 is 0 Å². The molecule has 0 spiro atoms. The summed E-state index contributed by atoms with van der Waals surface area (Å²) in [6, 6.07) is 17.2. The summed E-state index contributed by atoms with van der Waals surface area (Å²) < 4.78 is 70.5. The van der Waals surface area contributed by atoms with Gasteiger partial charge in [-0.15, -0.1) is 0 Å². The minimum absolute atomic E-state index is 0.0126. The summed E-state index contributed by atoms with van der Waals surface area (Å²) in [5, 5.41) is 6.18. The smallest absolute Gasteiger partial charge is 0.382 e. The predicted octanol–water partition coefficient (Wildman–Crippen LogP) is 7.91. The lowest BCUT2D eigenvalue weighted by molar-refractivity contribution is -0.138. The van der Waals surface area contributed by atoms with Crippen LogP contribution >= 0.6 is 15.9 Å². The van der Waals surface area contributed by atoms with Crippen LogP contribution in [-0.4, -0.2) is 31.2 Å². The third-order valence-electron chi connectivity index (χ3n) is 8.13. The number of hydrogen-bond donors (Lipinski definition) is 2. The topological polar surface area (TPSA) is 78.5 Å². The number of alkyl halides is 3. The Kier molecular flexibility index (Phi) is 9.01. The van der Waals surface area contributed by atoms with Gasteiger partial charge in [0.2, 0.25) is 15.9 Å². The fraction of sp³-hybridized carbons (Fsp3) is 0.387. The van der Waals surface area contributed by atoms with Crippen LogP contribution in [0.4, 0.5) is 24.5 Å². The van der Waals surface area contributed by atoms with Gasteiger partial charge in [0.15, 0.2) is 0 Å². The number of piperidine rings is 1. The molecule has 3 aromatic carbocycles. The molecule has 1 aliphatic heterocycles. The summed E-state index contributed by atoms with van der Waals surface area (Å²) in [6.45, 7) is 1.56. The molecule has 1 amide bonds. The quantitative estimate of drug-likeness (QED) is 0.269. The molecule has 2 N–H and O–H groups in total. The number of hydrogen-bond acceptors (Lipinski definition) is 4. The van der Waals surface area contributed by atoms with Crippen LogP contribution in [0, 0.1) is 12.8 Å². The molecule has 11 heteroatoms. The number of anilines is 2. The van der Waals surface area contributed by atoms with Crippen LogP contribution in [0.5, 0.6) is 0 Å². The van der Waals surface area contributed by atoms with Gasteiger partial charge in [-0.25, -0.2) is 8.42 Å². The Morgan fingerprint density at radius 2 is 1.60 bits per heavy atom. The van der Waals surface area contributed by atoms with Crippen LogP contribution < -0.4 is 10.6 Å². The number of sulfonamides is 1. The van der Waals surface area contributed by atoms with Crippen LogP contribution in [0.3, 0.4) is 0 Å². The fourth-order valence-corrected chi connectivity index (χ4v) is 8.66. The van der Waals surface area contributed by atoms with Crippen molar-refractivity contribution in [3.05, 3.63) is 87.9 Å². The molecule has 0 aromatic heterocycles. The van der Waals surface area contributed by atoms with E-state index in [9.17, 15) is 26.4 Å². The van der Waals surface area contributed by atoms with Gasteiger partial charge in [0.25, 0.3) is 0 Å². The monoisotopic (exact) mass is 663 g/mol. The van der Waals surface area contributed by atoms with E-state index in [-0.39, 0.29) is 22.7 Å². The van der Waals surface area contributed by atoms with Crippen molar-refractivity contribution in [2.75, 3.05) is 17.2 Å². The Hall–Kier alpha value is -2.89. The van der Waals surface area contributed by atoms with E-state index in [4.69, 9.17) is 0 Å². The molecule has 5 rings (SSSR count). The highest BCUT2D eigenvalue weighted by molar-refractivity contribution is 9.10. The van der Waals surface area contributed by atoms with Crippen molar-refractivity contribution in [3.8, 4) is 0 Å². The van der Waals surface area contributed by atoms with Gasteiger partial charge in [-0.1, -0.05) is 43.2 Å². The average Bonchev–Trinajstić information content (AvgIpc) is 3.47. The zero-order chi connectivity index (χ0) is 30.1. The molecule has 3 aromatic rings. The minimum atomic E-state index is -4.57. The SMILES string of the molecule is Cc1ccc(NC(=O)[C@H]2CCCN(S(=O)(=O)c3ccccc3Br)[C@H]2c2ccc(NC3CCCC3)cc2)cc1C(F)(F)F. The van der Waals surface area contributed by atoms with E-state index in [0.717, 1.165) is 24.6 Å².